The third kappa shape index (κ3) is 2.80. The van der Waals surface area contributed by atoms with Crippen molar-refractivity contribution in [3.63, 3.8) is 0 Å². The summed E-state index contributed by atoms with van der Waals surface area (Å²) in [5, 5.41) is 0. The number of ether oxygens (including phenoxy) is 1. The Labute approximate surface area is 132 Å². The summed E-state index contributed by atoms with van der Waals surface area (Å²) in [4.78, 5) is 13.0. The van der Waals surface area contributed by atoms with Gasteiger partial charge >= 0.3 is 0 Å². The number of hydrogen-bond acceptors (Lipinski definition) is 2. The zero-order chi connectivity index (χ0) is 16.5. The van der Waals surface area contributed by atoms with Gasteiger partial charge in [0.25, 0.3) is 5.56 Å². The smallest absolute Gasteiger partial charge is 0.258 e. The van der Waals surface area contributed by atoms with Crippen molar-refractivity contribution >= 4 is 0 Å². The topological polar surface area (TPSA) is 31.2 Å². The Bertz CT molecular complexity index is 721. The lowest BCUT2D eigenvalue weighted by molar-refractivity contribution is 0.223. The number of aromatic nitrogens is 1. The maximum absolute atomic E-state index is 13.0. The second-order valence-corrected chi connectivity index (χ2v) is 7.17. The molecule has 0 bridgehead atoms. The normalized spacial score (nSPS) is 12.3. The van der Waals surface area contributed by atoms with Gasteiger partial charge in [0, 0.05) is 17.8 Å². The molecule has 0 spiro atoms. The first-order valence-corrected chi connectivity index (χ1v) is 7.55. The van der Waals surface area contributed by atoms with Gasteiger partial charge in [-0.15, -0.1) is 0 Å². The van der Waals surface area contributed by atoms with Gasteiger partial charge in [-0.3, -0.25) is 9.36 Å². The fraction of sp³-hybridized carbons (Fsp3) is 0.421. The summed E-state index contributed by atoms with van der Waals surface area (Å²) in [6.07, 6.45) is 1.80. The van der Waals surface area contributed by atoms with Crippen molar-refractivity contribution in [3.8, 4) is 11.4 Å². The molecule has 0 aliphatic rings. The Hall–Kier alpha value is -2.03. The van der Waals surface area contributed by atoms with Crippen LogP contribution in [0, 0.1) is 5.41 Å². The van der Waals surface area contributed by atoms with Gasteiger partial charge in [-0.05, 0) is 29.0 Å². The molecule has 0 amide bonds. The van der Waals surface area contributed by atoms with E-state index in [1.165, 1.54) is 0 Å². The van der Waals surface area contributed by atoms with E-state index in [9.17, 15) is 4.79 Å². The second kappa shape index (κ2) is 5.64. The highest BCUT2D eigenvalue weighted by molar-refractivity contribution is 5.40. The molecule has 3 heteroatoms. The third-order valence-electron chi connectivity index (χ3n) is 4.83. The molecular formula is C19H25NO2. The molecule has 0 atom stereocenters. The van der Waals surface area contributed by atoms with Crippen molar-refractivity contribution in [3.05, 3.63) is 58.5 Å². The highest BCUT2D eigenvalue weighted by Gasteiger charge is 2.36. The lowest BCUT2D eigenvalue weighted by Crippen LogP contribution is -2.40. The zero-order valence-electron chi connectivity index (χ0n) is 14.3. The van der Waals surface area contributed by atoms with Crippen LogP contribution in [0.2, 0.25) is 0 Å². The molecular weight excluding hydrogens is 274 g/mol. The molecule has 1 aromatic carbocycles. The van der Waals surface area contributed by atoms with Crippen LogP contribution in [-0.4, -0.2) is 11.7 Å². The first-order valence-electron chi connectivity index (χ1n) is 7.55. The van der Waals surface area contributed by atoms with Crippen LogP contribution >= 0.6 is 0 Å². The Morgan fingerprint density at radius 3 is 2.27 bits per heavy atom. The minimum absolute atomic E-state index is 0.0142. The molecule has 3 nitrogen and oxygen atoms in total. The maximum atomic E-state index is 13.0. The molecule has 2 aromatic rings. The van der Waals surface area contributed by atoms with Gasteiger partial charge in [0.1, 0.15) is 5.75 Å². The largest absolute Gasteiger partial charge is 0.497 e. The van der Waals surface area contributed by atoms with Crippen molar-refractivity contribution in [2.24, 2.45) is 5.41 Å². The minimum atomic E-state index is -0.230. The van der Waals surface area contributed by atoms with Gasteiger partial charge in [-0.2, -0.15) is 0 Å². The molecule has 0 N–H and O–H groups in total. The molecule has 1 aromatic heterocycles. The van der Waals surface area contributed by atoms with Crippen LogP contribution in [-0.2, 0) is 5.41 Å². The van der Waals surface area contributed by atoms with E-state index in [2.05, 4.69) is 34.6 Å². The van der Waals surface area contributed by atoms with Crippen molar-refractivity contribution < 1.29 is 4.74 Å². The van der Waals surface area contributed by atoms with E-state index in [-0.39, 0.29) is 16.4 Å². The summed E-state index contributed by atoms with van der Waals surface area (Å²) in [5.74, 6) is 0.741. The highest BCUT2D eigenvalue weighted by atomic mass is 16.5. The van der Waals surface area contributed by atoms with Gasteiger partial charge in [0.05, 0.1) is 12.8 Å². The molecule has 0 saturated heterocycles. The van der Waals surface area contributed by atoms with Crippen LogP contribution in [0.25, 0.3) is 5.69 Å². The van der Waals surface area contributed by atoms with Crippen LogP contribution < -0.4 is 10.3 Å². The first kappa shape index (κ1) is 16.3. The average molecular weight is 299 g/mol. The summed E-state index contributed by atoms with van der Waals surface area (Å²) in [5.41, 5.74) is 1.42. The third-order valence-corrected chi connectivity index (χ3v) is 4.83. The molecule has 0 saturated carbocycles. The van der Waals surface area contributed by atoms with E-state index < -0.39 is 0 Å². The minimum Gasteiger partial charge on any atom is -0.497 e. The molecule has 0 unspecified atom stereocenters. The number of pyridine rings is 1. The first-order chi connectivity index (χ1) is 10.2. The molecule has 2 rings (SSSR count). The van der Waals surface area contributed by atoms with Gasteiger partial charge in [-0.25, -0.2) is 0 Å². The summed E-state index contributed by atoms with van der Waals surface area (Å²) < 4.78 is 6.94. The number of hydrogen-bond donors (Lipinski definition) is 0. The summed E-state index contributed by atoms with van der Waals surface area (Å²) in [6.45, 7) is 10.7. The quantitative estimate of drug-likeness (QED) is 0.851. The summed E-state index contributed by atoms with van der Waals surface area (Å²) in [6, 6.07) is 11.4. The number of benzene rings is 1. The second-order valence-electron chi connectivity index (χ2n) is 7.17. The van der Waals surface area contributed by atoms with Crippen molar-refractivity contribution in [2.75, 3.05) is 7.11 Å². The van der Waals surface area contributed by atoms with E-state index in [1.54, 1.807) is 17.9 Å². The van der Waals surface area contributed by atoms with E-state index in [1.807, 2.05) is 36.4 Å². The fourth-order valence-corrected chi connectivity index (χ4v) is 2.34. The summed E-state index contributed by atoms with van der Waals surface area (Å²) in [7, 11) is 1.63. The number of methoxy groups -OCH3 is 1. The molecule has 0 radical (unpaired) electrons. The Kier molecular flexibility index (Phi) is 4.19. The van der Waals surface area contributed by atoms with Crippen LogP contribution in [0.5, 0.6) is 5.75 Å². The predicted molar refractivity (Wildman–Crippen MR) is 91.1 cm³/mol. The average Bonchev–Trinajstić information content (AvgIpc) is 2.46. The highest BCUT2D eigenvalue weighted by Crippen LogP contribution is 2.39. The molecule has 0 fully saturated rings. The number of rotatable bonds is 3. The fourth-order valence-electron chi connectivity index (χ4n) is 2.34. The maximum Gasteiger partial charge on any atom is 0.258 e. The van der Waals surface area contributed by atoms with E-state index >= 15 is 0 Å². The molecule has 118 valence electrons. The van der Waals surface area contributed by atoms with Crippen LogP contribution in [0.3, 0.4) is 0 Å². The van der Waals surface area contributed by atoms with Gasteiger partial charge < -0.3 is 4.74 Å². The van der Waals surface area contributed by atoms with Crippen LogP contribution in [0.15, 0.2) is 47.4 Å². The van der Waals surface area contributed by atoms with Crippen LogP contribution in [0.1, 0.15) is 40.2 Å². The molecule has 1 heterocycles. The van der Waals surface area contributed by atoms with Crippen molar-refractivity contribution in [2.45, 2.75) is 40.0 Å². The van der Waals surface area contributed by atoms with E-state index in [4.69, 9.17) is 4.74 Å². The van der Waals surface area contributed by atoms with E-state index in [0.29, 0.717) is 0 Å². The number of nitrogens with zero attached hydrogens (tertiary/aromatic N) is 1. The lowest BCUT2D eigenvalue weighted by atomic mass is 9.65. The van der Waals surface area contributed by atoms with Crippen molar-refractivity contribution in [1.29, 1.82) is 0 Å². The summed E-state index contributed by atoms with van der Waals surface area (Å²) >= 11 is 0. The van der Waals surface area contributed by atoms with Gasteiger partial charge in [0.2, 0.25) is 0 Å². The molecule has 0 aliphatic carbocycles. The predicted octanol–water partition coefficient (Wildman–Crippen LogP) is 4.17. The van der Waals surface area contributed by atoms with Crippen molar-refractivity contribution in [1.82, 2.24) is 4.57 Å². The van der Waals surface area contributed by atoms with Gasteiger partial charge in [-0.1, -0.05) is 46.8 Å². The Morgan fingerprint density at radius 1 is 1.00 bits per heavy atom. The molecule has 0 aliphatic heterocycles. The monoisotopic (exact) mass is 299 g/mol. The van der Waals surface area contributed by atoms with E-state index in [0.717, 1.165) is 17.0 Å². The SMILES string of the molecule is COc1cccc(-n2cccc(C(C)(C)C(C)(C)C)c2=O)c1. The standard InChI is InChI=1S/C19H25NO2/c1-18(2,3)19(4,5)16-11-8-12-20(17(16)21)14-9-7-10-15(13-14)22-6/h7-13H,1-6H3. The molecule has 22 heavy (non-hydrogen) atoms. The Balaban J connectivity index is 2.62. The van der Waals surface area contributed by atoms with Gasteiger partial charge in [0.15, 0.2) is 0 Å². The lowest BCUT2D eigenvalue weighted by Gasteiger charge is -2.38. The Morgan fingerprint density at radius 2 is 1.68 bits per heavy atom. The van der Waals surface area contributed by atoms with Crippen LogP contribution in [0.4, 0.5) is 0 Å². The zero-order valence-corrected chi connectivity index (χ0v) is 14.3.